The monoisotopic (exact) mass is 700 g/mol. The maximum atomic E-state index is 11.7. The lowest BCUT2D eigenvalue weighted by atomic mass is 9.78. The summed E-state index contributed by atoms with van der Waals surface area (Å²) in [7, 11) is -19.9. The van der Waals surface area contributed by atoms with Gasteiger partial charge in [-0.2, -0.15) is 33.7 Å². The van der Waals surface area contributed by atoms with Gasteiger partial charge in [0.05, 0.1) is 0 Å². The molecule has 0 unspecified atom stereocenters. The van der Waals surface area contributed by atoms with E-state index in [0.717, 1.165) is 47.5 Å². The van der Waals surface area contributed by atoms with Gasteiger partial charge in [-0.05, 0) is 59.7 Å². The maximum Gasteiger partial charge on any atom is 0.296 e. The largest absolute Gasteiger partial charge is 0.457 e. The molecule has 0 saturated heterocycles. The topological polar surface area (TPSA) is 236 Å². The number of hydrogen-bond acceptors (Lipinski definition) is 10. The molecule has 0 amide bonds. The molecule has 0 atom stereocenters. The summed E-state index contributed by atoms with van der Waals surface area (Å²) in [6, 6.07) is 18.5. The molecular weight excluding hydrogens is 677 g/mol. The van der Waals surface area contributed by atoms with E-state index in [1.165, 1.54) is 0 Å². The van der Waals surface area contributed by atoms with Gasteiger partial charge in [-0.15, -0.1) is 0 Å². The van der Waals surface area contributed by atoms with Crippen molar-refractivity contribution in [3.05, 3.63) is 96.1 Å². The molecule has 14 nitrogen and oxygen atoms in total. The van der Waals surface area contributed by atoms with Gasteiger partial charge in [-0.3, -0.25) is 18.2 Å². The Labute approximate surface area is 258 Å². The van der Waals surface area contributed by atoms with Crippen molar-refractivity contribution in [2.75, 3.05) is 0 Å². The Morgan fingerprint density at radius 1 is 0.422 bits per heavy atom. The summed E-state index contributed by atoms with van der Waals surface area (Å²) < 4.78 is 141. The van der Waals surface area contributed by atoms with Crippen LogP contribution in [0.3, 0.4) is 0 Å². The van der Waals surface area contributed by atoms with Crippen molar-refractivity contribution in [1.29, 1.82) is 0 Å². The zero-order chi connectivity index (χ0) is 33.6. The van der Waals surface area contributed by atoms with Crippen LogP contribution in [0, 0.1) is 0 Å². The molecule has 0 saturated carbocycles. The molecule has 0 fully saturated rings. The van der Waals surface area contributed by atoms with Crippen LogP contribution in [0.1, 0.15) is 25.0 Å². The SMILES string of the molecule is CC(C)(c1ccc(Oc2ccc(S(=O)(=O)O)c(S(=O)(=O)O)c2)cc1)c1ccc(Oc2ccc(S(=O)(=O)O)c(S(=O)(=O)O)c2)cc1. The fourth-order valence-corrected chi connectivity index (χ4v) is 7.80. The van der Waals surface area contributed by atoms with Gasteiger partial charge in [0.1, 0.15) is 42.6 Å². The summed E-state index contributed by atoms with van der Waals surface area (Å²) in [6.07, 6.45) is 0. The van der Waals surface area contributed by atoms with E-state index in [1.54, 1.807) is 48.5 Å². The van der Waals surface area contributed by atoms with Crippen LogP contribution in [0.2, 0.25) is 0 Å². The van der Waals surface area contributed by atoms with Gasteiger partial charge in [0.2, 0.25) is 0 Å². The van der Waals surface area contributed by atoms with Crippen molar-refractivity contribution in [3.8, 4) is 23.0 Å². The predicted octanol–water partition coefficient (Wildman–Crippen LogP) is 4.58. The highest BCUT2D eigenvalue weighted by Crippen LogP contribution is 2.36. The van der Waals surface area contributed by atoms with E-state index < -0.39 is 65.5 Å². The van der Waals surface area contributed by atoms with Crippen LogP contribution in [-0.4, -0.2) is 51.9 Å². The molecule has 0 spiro atoms. The molecule has 4 aromatic rings. The Hall–Kier alpha value is -3.88. The lowest BCUT2D eigenvalue weighted by Crippen LogP contribution is -2.18. The molecule has 4 rings (SSSR count). The zero-order valence-electron chi connectivity index (χ0n) is 23.1. The average Bonchev–Trinajstić information content (AvgIpc) is 2.91. The quantitative estimate of drug-likeness (QED) is 0.166. The van der Waals surface area contributed by atoms with Crippen molar-refractivity contribution >= 4 is 40.5 Å². The van der Waals surface area contributed by atoms with Gasteiger partial charge >= 0.3 is 0 Å². The predicted molar refractivity (Wildman–Crippen MR) is 157 cm³/mol. The second-order valence-corrected chi connectivity index (χ2v) is 15.6. The van der Waals surface area contributed by atoms with Gasteiger partial charge in [-0.25, -0.2) is 0 Å². The average molecular weight is 701 g/mol. The first-order valence-electron chi connectivity index (χ1n) is 12.3. The van der Waals surface area contributed by atoms with Crippen LogP contribution in [0.4, 0.5) is 0 Å². The molecule has 240 valence electrons. The first-order valence-corrected chi connectivity index (χ1v) is 18.1. The third-order valence-electron chi connectivity index (χ3n) is 6.57. The summed E-state index contributed by atoms with van der Waals surface area (Å²) in [6.45, 7) is 3.83. The smallest absolute Gasteiger partial charge is 0.296 e. The highest BCUT2D eigenvalue weighted by Gasteiger charge is 2.27. The van der Waals surface area contributed by atoms with Crippen LogP contribution < -0.4 is 9.47 Å². The lowest BCUT2D eigenvalue weighted by Gasteiger charge is -2.26. The normalized spacial score (nSPS) is 12.9. The van der Waals surface area contributed by atoms with E-state index in [0.29, 0.717) is 0 Å². The summed E-state index contributed by atoms with van der Waals surface area (Å²) in [5.74, 6) is 0.217. The van der Waals surface area contributed by atoms with E-state index in [-0.39, 0.29) is 23.0 Å². The zero-order valence-corrected chi connectivity index (χ0v) is 26.4. The van der Waals surface area contributed by atoms with Crippen LogP contribution in [0.15, 0.2) is 105 Å². The van der Waals surface area contributed by atoms with Crippen molar-refractivity contribution in [2.24, 2.45) is 0 Å². The number of benzene rings is 4. The Morgan fingerprint density at radius 2 is 0.689 bits per heavy atom. The van der Waals surface area contributed by atoms with Crippen molar-refractivity contribution < 1.29 is 61.4 Å². The van der Waals surface area contributed by atoms with Crippen molar-refractivity contribution in [2.45, 2.75) is 38.8 Å². The molecule has 0 aliphatic carbocycles. The van der Waals surface area contributed by atoms with Crippen LogP contribution in [-0.2, 0) is 45.9 Å². The molecule has 4 aromatic carbocycles. The van der Waals surface area contributed by atoms with Gasteiger partial charge in [-0.1, -0.05) is 38.1 Å². The summed E-state index contributed by atoms with van der Waals surface area (Å²) in [5, 5.41) is 0. The second kappa shape index (κ2) is 11.8. The molecule has 0 heterocycles. The minimum Gasteiger partial charge on any atom is -0.457 e. The standard InChI is InChI=1S/C27H24O14S4/c1-27(2,17-3-7-19(8-4-17)40-21-11-13-23(42(28,29)30)25(15-21)44(34,35)36)18-5-9-20(10-6-18)41-22-12-14-24(43(31,32)33)26(16-22)45(37,38)39/h3-16H,1-2H3,(H,28,29,30)(H,31,32,33)(H,34,35,36)(H,37,38,39). The highest BCUT2D eigenvalue weighted by atomic mass is 32.2. The van der Waals surface area contributed by atoms with E-state index in [1.807, 2.05) is 13.8 Å². The summed E-state index contributed by atoms with van der Waals surface area (Å²) >= 11 is 0. The van der Waals surface area contributed by atoms with Crippen LogP contribution in [0.25, 0.3) is 0 Å². The van der Waals surface area contributed by atoms with Crippen molar-refractivity contribution in [3.63, 3.8) is 0 Å². The minimum absolute atomic E-state index is 0.131. The summed E-state index contributed by atoms with van der Waals surface area (Å²) in [4.78, 5) is -4.13. The molecular formula is C27H24O14S4. The Bertz CT molecular complexity index is 2050. The van der Waals surface area contributed by atoms with Crippen molar-refractivity contribution in [1.82, 2.24) is 0 Å². The molecule has 45 heavy (non-hydrogen) atoms. The molecule has 4 N–H and O–H groups in total. The fraction of sp³-hybridized carbons (Fsp3) is 0.111. The Morgan fingerprint density at radius 3 is 0.956 bits per heavy atom. The van der Waals surface area contributed by atoms with Gasteiger partial charge in [0.25, 0.3) is 40.5 Å². The number of rotatable bonds is 10. The van der Waals surface area contributed by atoms with Gasteiger partial charge in [0, 0.05) is 17.5 Å². The highest BCUT2D eigenvalue weighted by molar-refractivity contribution is 7.89. The molecule has 18 heteroatoms. The molecule has 0 aliphatic heterocycles. The maximum absolute atomic E-state index is 11.7. The van der Waals surface area contributed by atoms with Crippen LogP contribution >= 0.6 is 0 Å². The first kappa shape index (κ1) is 34.0. The Balaban J connectivity index is 1.54. The molecule has 0 bridgehead atoms. The van der Waals surface area contributed by atoms with E-state index in [2.05, 4.69) is 0 Å². The Kier molecular flexibility index (Phi) is 8.92. The molecule has 0 aliphatic rings. The second-order valence-electron chi connectivity index (χ2n) is 10.00. The van der Waals surface area contributed by atoms with E-state index >= 15 is 0 Å². The third-order valence-corrected chi connectivity index (χ3v) is 10.4. The minimum atomic E-state index is -5.02. The van der Waals surface area contributed by atoms with E-state index in [9.17, 15) is 51.9 Å². The fourth-order valence-electron chi connectivity index (χ4n) is 4.25. The van der Waals surface area contributed by atoms with Gasteiger partial charge in [0.15, 0.2) is 0 Å². The van der Waals surface area contributed by atoms with E-state index in [4.69, 9.17) is 9.47 Å². The number of hydrogen-bond donors (Lipinski definition) is 4. The third kappa shape index (κ3) is 7.86. The molecule has 0 radical (unpaired) electrons. The number of ether oxygens (including phenoxy) is 2. The molecule has 0 aromatic heterocycles. The van der Waals surface area contributed by atoms with Gasteiger partial charge < -0.3 is 9.47 Å². The first-order chi connectivity index (χ1) is 20.6. The summed E-state index contributed by atoms with van der Waals surface area (Å²) in [5.41, 5.74) is 1.02. The lowest BCUT2D eigenvalue weighted by molar-refractivity contribution is 0.459. The van der Waals surface area contributed by atoms with Crippen LogP contribution in [0.5, 0.6) is 23.0 Å².